The zero-order valence-corrected chi connectivity index (χ0v) is 19.9. The van der Waals surface area contributed by atoms with E-state index in [1.54, 1.807) is 0 Å². The number of guanidine groups is 1. The number of benzene rings is 1. The summed E-state index contributed by atoms with van der Waals surface area (Å²) in [5, 5.41) is 15.9. The molecule has 3 aromatic rings. The number of halogens is 1. The summed E-state index contributed by atoms with van der Waals surface area (Å²) in [7, 11) is 1.94. The Morgan fingerprint density at radius 1 is 1.31 bits per heavy atom. The fourth-order valence-corrected chi connectivity index (χ4v) is 2.87. The van der Waals surface area contributed by atoms with Crippen LogP contribution in [0.15, 0.2) is 33.7 Å². The van der Waals surface area contributed by atoms with E-state index in [2.05, 4.69) is 25.8 Å². The average Bonchev–Trinajstić information content (AvgIpc) is 3.25. The Hall–Kier alpha value is -2.30. The molecule has 1 atom stereocenters. The van der Waals surface area contributed by atoms with E-state index < -0.39 is 0 Å². The van der Waals surface area contributed by atoms with Crippen molar-refractivity contribution in [1.82, 2.24) is 25.4 Å². The summed E-state index contributed by atoms with van der Waals surface area (Å²) in [6, 6.07) is 7.88. The molecule has 0 aliphatic rings. The molecule has 0 fully saturated rings. The number of hydrogen-bond acceptors (Lipinski definition) is 5. The minimum Gasteiger partial charge on any atom is -0.490 e. The van der Waals surface area contributed by atoms with Crippen molar-refractivity contribution in [3.63, 3.8) is 0 Å². The molecule has 0 bridgehead atoms. The first-order valence-electron chi connectivity index (χ1n) is 9.58. The van der Waals surface area contributed by atoms with Gasteiger partial charge in [-0.3, -0.25) is 0 Å². The number of para-hydroxylation sites is 1. The van der Waals surface area contributed by atoms with Crippen LogP contribution in [0.2, 0.25) is 0 Å². The van der Waals surface area contributed by atoms with Crippen LogP contribution in [-0.4, -0.2) is 33.9 Å². The molecule has 0 aliphatic carbocycles. The second-order valence-electron chi connectivity index (χ2n) is 6.54. The molecule has 9 heteroatoms. The van der Waals surface area contributed by atoms with E-state index >= 15 is 0 Å². The minimum absolute atomic E-state index is 0. The normalized spacial score (nSPS) is 12.5. The van der Waals surface area contributed by atoms with Gasteiger partial charge in [-0.1, -0.05) is 12.1 Å². The van der Waals surface area contributed by atoms with Crippen molar-refractivity contribution in [3.8, 4) is 5.75 Å². The first kappa shape index (κ1) is 23.0. The number of nitrogens with zero attached hydrogens (tertiary/aromatic N) is 4. The third-order valence-electron chi connectivity index (χ3n) is 4.51. The Kier molecular flexibility index (Phi) is 8.30. The Balaban J connectivity index is 0.00000300. The molecule has 8 nitrogen and oxygen atoms in total. The van der Waals surface area contributed by atoms with E-state index in [0.717, 1.165) is 40.7 Å². The van der Waals surface area contributed by atoms with E-state index in [1.165, 1.54) is 0 Å². The molecule has 0 saturated heterocycles. The van der Waals surface area contributed by atoms with Gasteiger partial charge in [-0.25, -0.2) is 4.99 Å². The van der Waals surface area contributed by atoms with Gasteiger partial charge in [-0.15, -0.1) is 34.2 Å². The highest BCUT2D eigenvalue weighted by Crippen LogP contribution is 2.31. The zero-order chi connectivity index (χ0) is 20.1. The third kappa shape index (κ3) is 5.40. The summed E-state index contributed by atoms with van der Waals surface area (Å²) < 4.78 is 13.7. The van der Waals surface area contributed by atoms with Crippen molar-refractivity contribution in [2.45, 2.75) is 40.3 Å². The summed E-state index contributed by atoms with van der Waals surface area (Å²) in [5.74, 6) is 3.96. The van der Waals surface area contributed by atoms with Gasteiger partial charge in [-0.05, 0) is 39.8 Å². The van der Waals surface area contributed by atoms with E-state index in [0.29, 0.717) is 19.1 Å². The summed E-state index contributed by atoms with van der Waals surface area (Å²) in [4.78, 5) is 4.63. The first-order valence-corrected chi connectivity index (χ1v) is 9.58. The fraction of sp³-hybridized carbons (Fsp3) is 0.450. The third-order valence-corrected chi connectivity index (χ3v) is 4.51. The molecule has 2 aromatic heterocycles. The molecular formula is C20H29IN6O2. The maximum atomic E-state index is 6.08. The number of hydrogen-bond donors (Lipinski definition) is 2. The predicted molar refractivity (Wildman–Crippen MR) is 125 cm³/mol. The van der Waals surface area contributed by atoms with Gasteiger partial charge in [0.15, 0.2) is 23.1 Å². The van der Waals surface area contributed by atoms with E-state index in [-0.39, 0.29) is 30.0 Å². The molecule has 0 aliphatic heterocycles. The number of fused-ring (bicyclic) bond motifs is 1. The van der Waals surface area contributed by atoms with Crippen LogP contribution in [0.4, 0.5) is 0 Å². The quantitative estimate of drug-likeness (QED) is 0.285. The highest BCUT2D eigenvalue weighted by molar-refractivity contribution is 14.0. The van der Waals surface area contributed by atoms with Gasteiger partial charge in [0.2, 0.25) is 0 Å². The van der Waals surface area contributed by atoms with Crippen molar-refractivity contribution >= 4 is 40.9 Å². The van der Waals surface area contributed by atoms with E-state index in [4.69, 9.17) is 9.15 Å². The SMILES string of the molecule is CCNC(=NCc1nnc(C)n1C)NC(C)c1cc2cccc(OCC)c2o1.I. The molecule has 2 N–H and O–H groups in total. The van der Waals surface area contributed by atoms with Gasteiger partial charge in [-0.2, -0.15) is 0 Å². The lowest BCUT2D eigenvalue weighted by Gasteiger charge is -2.16. The van der Waals surface area contributed by atoms with Crippen LogP contribution in [0.25, 0.3) is 11.0 Å². The number of aromatic nitrogens is 3. The predicted octanol–water partition coefficient (Wildman–Crippen LogP) is 3.70. The highest BCUT2D eigenvalue weighted by atomic mass is 127. The van der Waals surface area contributed by atoms with Gasteiger partial charge in [0.25, 0.3) is 0 Å². The molecule has 158 valence electrons. The van der Waals surface area contributed by atoms with Crippen LogP contribution in [0.1, 0.15) is 44.2 Å². The van der Waals surface area contributed by atoms with Crippen molar-refractivity contribution in [2.24, 2.45) is 12.0 Å². The summed E-state index contributed by atoms with van der Waals surface area (Å²) >= 11 is 0. The standard InChI is InChI=1S/C20H28N6O2.HI/c1-6-21-20(22-12-18-25-24-14(4)26(18)5)23-13(3)17-11-15-9-8-10-16(27-7-2)19(15)28-17;/h8-11,13H,6-7,12H2,1-5H3,(H2,21,22,23);1H. The molecule has 0 amide bonds. The van der Waals surface area contributed by atoms with Crippen LogP contribution in [0.3, 0.4) is 0 Å². The Labute approximate surface area is 188 Å². The van der Waals surface area contributed by atoms with Gasteiger partial charge in [0, 0.05) is 19.0 Å². The Bertz CT molecular complexity index is 965. The molecule has 1 unspecified atom stereocenters. The second kappa shape index (κ2) is 10.5. The van der Waals surface area contributed by atoms with Crippen molar-refractivity contribution in [2.75, 3.05) is 13.2 Å². The smallest absolute Gasteiger partial charge is 0.192 e. The molecule has 1 aromatic carbocycles. The summed E-state index contributed by atoms with van der Waals surface area (Å²) in [5.41, 5.74) is 0.768. The van der Waals surface area contributed by atoms with Gasteiger partial charge < -0.3 is 24.4 Å². The van der Waals surface area contributed by atoms with Crippen LogP contribution in [-0.2, 0) is 13.6 Å². The number of aliphatic imine (C=N–C) groups is 1. The largest absolute Gasteiger partial charge is 0.490 e. The van der Waals surface area contributed by atoms with Crippen LogP contribution in [0.5, 0.6) is 5.75 Å². The molecular weight excluding hydrogens is 483 g/mol. The Morgan fingerprint density at radius 2 is 2.10 bits per heavy atom. The molecule has 0 spiro atoms. The maximum absolute atomic E-state index is 6.08. The van der Waals surface area contributed by atoms with Crippen molar-refractivity contribution in [1.29, 1.82) is 0 Å². The van der Waals surface area contributed by atoms with Crippen molar-refractivity contribution < 1.29 is 9.15 Å². The fourth-order valence-electron chi connectivity index (χ4n) is 2.87. The van der Waals surface area contributed by atoms with Gasteiger partial charge >= 0.3 is 0 Å². The number of rotatable bonds is 7. The Morgan fingerprint density at radius 3 is 2.76 bits per heavy atom. The lowest BCUT2D eigenvalue weighted by Crippen LogP contribution is -2.38. The minimum atomic E-state index is -0.0686. The second-order valence-corrected chi connectivity index (χ2v) is 6.54. The average molecular weight is 512 g/mol. The van der Waals surface area contributed by atoms with E-state index in [9.17, 15) is 0 Å². The van der Waals surface area contributed by atoms with Crippen LogP contribution >= 0.6 is 24.0 Å². The highest BCUT2D eigenvalue weighted by Gasteiger charge is 2.15. The first-order chi connectivity index (χ1) is 13.5. The van der Waals surface area contributed by atoms with Gasteiger partial charge in [0.1, 0.15) is 18.1 Å². The molecule has 29 heavy (non-hydrogen) atoms. The van der Waals surface area contributed by atoms with E-state index in [1.807, 2.05) is 63.6 Å². The van der Waals surface area contributed by atoms with Gasteiger partial charge in [0.05, 0.1) is 12.6 Å². The molecule has 2 heterocycles. The monoisotopic (exact) mass is 512 g/mol. The van der Waals surface area contributed by atoms with Crippen molar-refractivity contribution in [3.05, 3.63) is 41.7 Å². The lowest BCUT2D eigenvalue weighted by molar-refractivity contribution is 0.336. The summed E-state index contributed by atoms with van der Waals surface area (Å²) in [6.45, 7) is 9.75. The molecule has 3 rings (SSSR count). The zero-order valence-electron chi connectivity index (χ0n) is 17.5. The topological polar surface area (TPSA) is 89.5 Å². The number of aryl methyl sites for hydroxylation is 1. The molecule has 0 radical (unpaired) electrons. The number of furan rings is 1. The number of ether oxygens (including phenoxy) is 1. The molecule has 0 saturated carbocycles. The maximum Gasteiger partial charge on any atom is 0.192 e. The van der Waals surface area contributed by atoms with Crippen LogP contribution < -0.4 is 15.4 Å². The number of nitrogens with one attached hydrogen (secondary N) is 2. The van der Waals surface area contributed by atoms with Crippen LogP contribution in [0, 0.1) is 6.92 Å². The summed E-state index contributed by atoms with van der Waals surface area (Å²) in [6.07, 6.45) is 0. The lowest BCUT2D eigenvalue weighted by atomic mass is 10.2.